The molecule has 0 radical (unpaired) electrons. The van der Waals surface area contributed by atoms with Crippen LogP contribution >= 0.6 is 0 Å². The number of pyridine rings is 1. The van der Waals surface area contributed by atoms with Gasteiger partial charge in [0.2, 0.25) is 0 Å². The van der Waals surface area contributed by atoms with E-state index in [9.17, 15) is 9.90 Å². The summed E-state index contributed by atoms with van der Waals surface area (Å²) in [4.78, 5) is 16.9. The molecule has 1 saturated carbocycles. The summed E-state index contributed by atoms with van der Waals surface area (Å²) in [5.41, 5.74) is 0.374. The highest BCUT2D eigenvalue weighted by molar-refractivity contribution is 5.92. The molecule has 0 spiro atoms. The standard InChI is InChI=1S/C17H22N4O2/c22-12-13-6-2-1-3-7-14(13)20-17(23)15-8-4-9-16(19-15)21-11-5-10-18-21/h4-5,8-11,13-14,22H,1-3,6-7,12H2,(H,20,23). The average Bonchev–Trinajstić information content (AvgIpc) is 3.03. The number of carbonyl (C=O) groups is 1. The first-order valence-electron chi connectivity index (χ1n) is 8.17. The number of rotatable bonds is 4. The molecule has 3 rings (SSSR count). The number of hydrogen-bond donors (Lipinski definition) is 2. The van der Waals surface area contributed by atoms with Crippen molar-refractivity contribution in [3.05, 3.63) is 42.4 Å². The lowest BCUT2D eigenvalue weighted by molar-refractivity contribution is 0.0894. The van der Waals surface area contributed by atoms with Gasteiger partial charge in [-0.3, -0.25) is 4.79 Å². The molecule has 2 N–H and O–H groups in total. The van der Waals surface area contributed by atoms with Crippen LogP contribution in [-0.2, 0) is 0 Å². The third-order valence-electron chi connectivity index (χ3n) is 4.42. The molecule has 0 aliphatic heterocycles. The van der Waals surface area contributed by atoms with Crippen LogP contribution in [0.4, 0.5) is 0 Å². The Morgan fingerprint density at radius 3 is 2.91 bits per heavy atom. The summed E-state index contributed by atoms with van der Waals surface area (Å²) in [5.74, 6) is 0.558. The Kier molecular flexibility index (Phi) is 5.02. The van der Waals surface area contributed by atoms with Gasteiger partial charge >= 0.3 is 0 Å². The van der Waals surface area contributed by atoms with Gasteiger partial charge in [-0.2, -0.15) is 5.10 Å². The van der Waals surface area contributed by atoms with Crippen molar-refractivity contribution in [1.82, 2.24) is 20.1 Å². The monoisotopic (exact) mass is 314 g/mol. The molecule has 2 heterocycles. The Morgan fingerprint density at radius 2 is 2.13 bits per heavy atom. The van der Waals surface area contributed by atoms with Crippen LogP contribution in [0.2, 0.25) is 0 Å². The van der Waals surface area contributed by atoms with E-state index in [4.69, 9.17) is 0 Å². The van der Waals surface area contributed by atoms with Crippen LogP contribution in [-0.4, -0.2) is 38.4 Å². The van der Waals surface area contributed by atoms with E-state index >= 15 is 0 Å². The molecular formula is C17H22N4O2. The van der Waals surface area contributed by atoms with Crippen LogP contribution < -0.4 is 5.32 Å². The number of hydrogen-bond acceptors (Lipinski definition) is 4. The number of amides is 1. The number of aliphatic hydroxyl groups excluding tert-OH is 1. The number of aromatic nitrogens is 3. The molecule has 23 heavy (non-hydrogen) atoms. The lowest BCUT2D eigenvalue weighted by Crippen LogP contribution is -2.41. The van der Waals surface area contributed by atoms with Crippen LogP contribution in [0.1, 0.15) is 42.6 Å². The first kappa shape index (κ1) is 15.7. The summed E-state index contributed by atoms with van der Waals surface area (Å²) >= 11 is 0. The molecule has 1 aliphatic carbocycles. The molecule has 1 aliphatic rings. The molecule has 1 fully saturated rings. The maximum absolute atomic E-state index is 12.5. The summed E-state index contributed by atoms with van der Waals surface area (Å²) in [6.45, 7) is 0.117. The van der Waals surface area contributed by atoms with Gasteiger partial charge in [0, 0.05) is 31.0 Å². The fourth-order valence-corrected chi connectivity index (χ4v) is 3.12. The fraction of sp³-hybridized carbons (Fsp3) is 0.471. The average molecular weight is 314 g/mol. The first-order chi connectivity index (χ1) is 11.3. The zero-order valence-electron chi connectivity index (χ0n) is 13.1. The lowest BCUT2D eigenvalue weighted by Gasteiger charge is -2.24. The summed E-state index contributed by atoms with van der Waals surface area (Å²) in [6, 6.07) is 7.14. The van der Waals surface area contributed by atoms with E-state index in [-0.39, 0.29) is 24.5 Å². The van der Waals surface area contributed by atoms with E-state index in [1.54, 1.807) is 29.2 Å². The number of nitrogens with one attached hydrogen (secondary N) is 1. The van der Waals surface area contributed by atoms with Crippen molar-refractivity contribution in [3.8, 4) is 5.82 Å². The minimum absolute atomic E-state index is 0.0187. The zero-order valence-corrected chi connectivity index (χ0v) is 13.1. The van der Waals surface area contributed by atoms with Gasteiger partial charge in [0.15, 0.2) is 5.82 Å². The van der Waals surface area contributed by atoms with E-state index in [0.29, 0.717) is 11.5 Å². The van der Waals surface area contributed by atoms with Gasteiger partial charge < -0.3 is 10.4 Å². The van der Waals surface area contributed by atoms with Gasteiger partial charge in [0.05, 0.1) is 0 Å². The van der Waals surface area contributed by atoms with E-state index in [1.165, 1.54) is 0 Å². The van der Waals surface area contributed by atoms with E-state index in [1.807, 2.05) is 12.1 Å². The van der Waals surface area contributed by atoms with Crippen LogP contribution in [0, 0.1) is 5.92 Å². The maximum Gasteiger partial charge on any atom is 0.270 e. The molecule has 2 aromatic rings. The second kappa shape index (κ2) is 7.37. The van der Waals surface area contributed by atoms with Crippen molar-refractivity contribution in [2.75, 3.05) is 6.61 Å². The molecule has 6 heteroatoms. The van der Waals surface area contributed by atoms with Gasteiger partial charge in [0.25, 0.3) is 5.91 Å². The summed E-state index contributed by atoms with van der Waals surface area (Å²) < 4.78 is 1.62. The third-order valence-corrected chi connectivity index (χ3v) is 4.42. The van der Waals surface area contributed by atoms with Crippen molar-refractivity contribution in [2.45, 2.75) is 38.1 Å². The van der Waals surface area contributed by atoms with Crippen LogP contribution in [0.15, 0.2) is 36.7 Å². The second-order valence-electron chi connectivity index (χ2n) is 5.99. The predicted molar refractivity (Wildman–Crippen MR) is 86.3 cm³/mol. The van der Waals surface area contributed by atoms with Gasteiger partial charge in [-0.05, 0) is 31.0 Å². The minimum atomic E-state index is -0.190. The van der Waals surface area contributed by atoms with Crippen LogP contribution in [0.25, 0.3) is 5.82 Å². The van der Waals surface area contributed by atoms with E-state index in [2.05, 4.69) is 15.4 Å². The Morgan fingerprint density at radius 1 is 1.26 bits per heavy atom. The molecule has 2 atom stereocenters. The van der Waals surface area contributed by atoms with Crippen LogP contribution in [0.5, 0.6) is 0 Å². The molecule has 6 nitrogen and oxygen atoms in total. The molecule has 0 bridgehead atoms. The van der Waals surface area contributed by atoms with Crippen LogP contribution in [0.3, 0.4) is 0 Å². The number of nitrogens with zero attached hydrogens (tertiary/aromatic N) is 3. The van der Waals surface area contributed by atoms with Gasteiger partial charge in [-0.25, -0.2) is 9.67 Å². The second-order valence-corrected chi connectivity index (χ2v) is 5.99. The maximum atomic E-state index is 12.5. The van der Waals surface area contributed by atoms with Crippen molar-refractivity contribution < 1.29 is 9.90 Å². The fourth-order valence-electron chi connectivity index (χ4n) is 3.12. The van der Waals surface area contributed by atoms with Crippen molar-refractivity contribution in [2.24, 2.45) is 5.92 Å². The van der Waals surface area contributed by atoms with E-state index in [0.717, 1.165) is 32.1 Å². The van der Waals surface area contributed by atoms with Gasteiger partial charge in [-0.1, -0.05) is 25.3 Å². The minimum Gasteiger partial charge on any atom is -0.396 e. The molecule has 0 saturated heterocycles. The Balaban J connectivity index is 1.73. The molecule has 2 unspecified atom stereocenters. The first-order valence-corrected chi connectivity index (χ1v) is 8.17. The topological polar surface area (TPSA) is 80.0 Å². The van der Waals surface area contributed by atoms with Gasteiger partial charge in [0.1, 0.15) is 5.69 Å². The Labute approximate surface area is 135 Å². The molecule has 1 amide bonds. The van der Waals surface area contributed by atoms with Crippen molar-refractivity contribution >= 4 is 5.91 Å². The highest BCUT2D eigenvalue weighted by atomic mass is 16.3. The van der Waals surface area contributed by atoms with E-state index < -0.39 is 0 Å². The summed E-state index contributed by atoms with van der Waals surface area (Å²) in [5, 5.41) is 16.7. The zero-order chi connectivity index (χ0) is 16.1. The smallest absolute Gasteiger partial charge is 0.270 e. The SMILES string of the molecule is O=C(NC1CCCCCC1CO)c1cccc(-n2cccn2)n1. The highest BCUT2D eigenvalue weighted by Gasteiger charge is 2.25. The number of aliphatic hydroxyl groups is 1. The normalized spacial score (nSPS) is 21.6. The third kappa shape index (κ3) is 3.76. The molecule has 122 valence electrons. The molecular weight excluding hydrogens is 292 g/mol. The quantitative estimate of drug-likeness (QED) is 0.845. The molecule has 2 aromatic heterocycles. The largest absolute Gasteiger partial charge is 0.396 e. The number of carbonyl (C=O) groups excluding carboxylic acids is 1. The predicted octanol–water partition coefficient (Wildman–Crippen LogP) is 1.94. The van der Waals surface area contributed by atoms with Gasteiger partial charge in [-0.15, -0.1) is 0 Å². The summed E-state index contributed by atoms with van der Waals surface area (Å²) in [7, 11) is 0. The lowest BCUT2D eigenvalue weighted by atomic mass is 9.95. The summed E-state index contributed by atoms with van der Waals surface area (Å²) in [6.07, 6.45) is 8.70. The highest BCUT2D eigenvalue weighted by Crippen LogP contribution is 2.23. The van der Waals surface area contributed by atoms with Crippen molar-refractivity contribution in [3.63, 3.8) is 0 Å². The van der Waals surface area contributed by atoms with Crippen molar-refractivity contribution in [1.29, 1.82) is 0 Å². The Bertz CT molecular complexity index is 642. The molecule has 0 aromatic carbocycles. The Hall–Kier alpha value is -2.21.